The third-order valence-corrected chi connectivity index (χ3v) is 3.51. The third-order valence-electron chi connectivity index (χ3n) is 3.51. The Bertz CT molecular complexity index is 683. The zero-order chi connectivity index (χ0) is 15.6. The summed E-state index contributed by atoms with van der Waals surface area (Å²) in [7, 11) is 1.83. The van der Waals surface area contributed by atoms with E-state index in [9.17, 15) is 9.90 Å². The van der Waals surface area contributed by atoms with Crippen molar-refractivity contribution in [3.63, 3.8) is 0 Å². The molecule has 0 aliphatic rings. The van der Waals surface area contributed by atoms with Crippen LogP contribution in [0, 0.1) is 20.8 Å². The monoisotopic (exact) mass is 285 g/mol. The molecule has 110 valence electrons. The Hall–Kier alpha value is -2.43. The number of aryl methyl sites for hydroxylation is 2. The number of aromatic nitrogens is 2. The first-order chi connectivity index (χ1) is 9.90. The van der Waals surface area contributed by atoms with Crippen molar-refractivity contribution < 1.29 is 9.90 Å². The van der Waals surface area contributed by atoms with Gasteiger partial charge in [-0.2, -0.15) is 5.10 Å². The van der Waals surface area contributed by atoms with Gasteiger partial charge in [0.05, 0.1) is 5.69 Å². The van der Waals surface area contributed by atoms with Crippen LogP contribution in [0.4, 0.5) is 5.82 Å². The van der Waals surface area contributed by atoms with Crippen LogP contribution in [0.15, 0.2) is 24.3 Å². The van der Waals surface area contributed by atoms with E-state index in [1.54, 1.807) is 13.8 Å². The molecular weight excluding hydrogens is 266 g/mol. The molecule has 0 fully saturated rings. The van der Waals surface area contributed by atoms with Crippen LogP contribution in [-0.2, 0) is 6.54 Å². The van der Waals surface area contributed by atoms with Crippen LogP contribution in [0.2, 0.25) is 0 Å². The van der Waals surface area contributed by atoms with Crippen molar-refractivity contribution in [3.05, 3.63) is 52.2 Å². The number of nitrogens with zero attached hydrogens (tertiary/aromatic N) is 3. The minimum atomic E-state index is -0.975. The minimum Gasteiger partial charge on any atom is -0.478 e. The molecule has 2 rings (SSSR count). The lowest BCUT2D eigenvalue weighted by atomic mass is 10.1. The Labute approximate surface area is 124 Å². The molecule has 0 aliphatic carbocycles. The lowest BCUT2D eigenvalue weighted by Crippen LogP contribution is -2.22. The first-order valence-electron chi connectivity index (χ1n) is 6.74. The predicted octanol–water partition coefficient (Wildman–Crippen LogP) is 2.74. The van der Waals surface area contributed by atoms with E-state index in [0.29, 0.717) is 23.6 Å². The van der Waals surface area contributed by atoms with Gasteiger partial charge in [-0.1, -0.05) is 29.8 Å². The number of carbonyl (C=O) groups is 1. The SMILES string of the molecule is Cc1cccc(CN(C)c2nnc(C)c(C)c2C(=O)O)c1. The quantitative estimate of drug-likeness (QED) is 0.935. The number of carboxylic acids is 1. The van der Waals surface area contributed by atoms with E-state index in [2.05, 4.69) is 16.3 Å². The summed E-state index contributed by atoms with van der Waals surface area (Å²) < 4.78 is 0. The summed E-state index contributed by atoms with van der Waals surface area (Å²) in [6.07, 6.45) is 0. The van der Waals surface area contributed by atoms with Crippen LogP contribution in [0.25, 0.3) is 0 Å². The molecule has 0 bridgehead atoms. The highest BCUT2D eigenvalue weighted by Gasteiger charge is 2.20. The highest BCUT2D eigenvalue weighted by Crippen LogP contribution is 2.22. The largest absolute Gasteiger partial charge is 0.478 e. The smallest absolute Gasteiger partial charge is 0.339 e. The summed E-state index contributed by atoms with van der Waals surface area (Å²) in [6.45, 7) is 6.14. The van der Waals surface area contributed by atoms with E-state index in [1.807, 2.05) is 37.1 Å². The highest BCUT2D eigenvalue weighted by molar-refractivity contribution is 5.95. The average molecular weight is 285 g/mol. The topological polar surface area (TPSA) is 66.3 Å². The van der Waals surface area contributed by atoms with Gasteiger partial charge in [0.2, 0.25) is 0 Å². The Morgan fingerprint density at radius 2 is 1.95 bits per heavy atom. The summed E-state index contributed by atoms with van der Waals surface area (Å²) in [5.41, 5.74) is 3.79. The van der Waals surface area contributed by atoms with Crippen LogP contribution >= 0.6 is 0 Å². The number of benzene rings is 1. The summed E-state index contributed by atoms with van der Waals surface area (Å²) in [5, 5.41) is 17.6. The molecule has 0 saturated heterocycles. The van der Waals surface area contributed by atoms with Crippen molar-refractivity contribution in [2.75, 3.05) is 11.9 Å². The summed E-state index contributed by atoms with van der Waals surface area (Å²) in [5.74, 6) is -0.580. The molecule has 1 heterocycles. The Balaban J connectivity index is 2.37. The van der Waals surface area contributed by atoms with Crippen molar-refractivity contribution in [3.8, 4) is 0 Å². The first-order valence-corrected chi connectivity index (χ1v) is 6.74. The summed E-state index contributed by atoms with van der Waals surface area (Å²) >= 11 is 0. The minimum absolute atomic E-state index is 0.220. The fourth-order valence-electron chi connectivity index (χ4n) is 2.28. The highest BCUT2D eigenvalue weighted by atomic mass is 16.4. The van der Waals surface area contributed by atoms with Crippen LogP contribution < -0.4 is 4.90 Å². The normalized spacial score (nSPS) is 10.5. The van der Waals surface area contributed by atoms with E-state index in [1.165, 1.54) is 5.56 Å². The maximum atomic E-state index is 11.5. The van der Waals surface area contributed by atoms with E-state index in [-0.39, 0.29) is 5.56 Å². The zero-order valence-electron chi connectivity index (χ0n) is 12.7. The van der Waals surface area contributed by atoms with E-state index in [0.717, 1.165) is 5.56 Å². The second-order valence-electron chi connectivity index (χ2n) is 5.26. The van der Waals surface area contributed by atoms with Gasteiger partial charge in [0.1, 0.15) is 5.56 Å². The number of carboxylic acid groups (broad SMARTS) is 1. The van der Waals surface area contributed by atoms with E-state index in [4.69, 9.17) is 0 Å². The van der Waals surface area contributed by atoms with Gasteiger partial charge >= 0.3 is 5.97 Å². The van der Waals surface area contributed by atoms with Crippen LogP contribution in [0.3, 0.4) is 0 Å². The lowest BCUT2D eigenvalue weighted by molar-refractivity contribution is 0.0696. The standard InChI is InChI=1S/C16H19N3O2/c1-10-6-5-7-13(8-10)9-19(4)15-14(16(20)21)11(2)12(3)17-18-15/h5-8H,9H2,1-4H3,(H,20,21). The molecular formula is C16H19N3O2. The zero-order valence-corrected chi connectivity index (χ0v) is 12.7. The molecule has 5 nitrogen and oxygen atoms in total. The second kappa shape index (κ2) is 5.91. The van der Waals surface area contributed by atoms with Crippen LogP contribution in [-0.4, -0.2) is 28.3 Å². The fraction of sp³-hybridized carbons (Fsp3) is 0.312. The summed E-state index contributed by atoms with van der Waals surface area (Å²) in [6, 6.07) is 8.11. The molecule has 0 radical (unpaired) electrons. The summed E-state index contributed by atoms with van der Waals surface area (Å²) in [4.78, 5) is 13.3. The van der Waals surface area contributed by atoms with Gasteiger partial charge in [0, 0.05) is 13.6 Å². The predicted molar refractivity (Wildman–Crippen MR) is 81.8 cm³/mol. The lowest BCUT2D eigenvalue weighted by Gasteiger charge is -2.21. The molecule has 1 aromatic carbocycles. The van der Waals surface area contributed by atoms with Gasteiger partial charge in [-0.25, -0.2) is 4.79 Å². The molecule has 2 aromatic rings. The number of hydrogen-bond donors (Lipinski definition) is 1. The van der Waals surface area contributed by atoms with Gasteiger partial charge in [0.15, 0.2) is 5.82 Å². The van der Waals surface area contributed by atoms with Gasteiger partial charge < -0.3 is 10.0 Å². The van der Waals surface area contributed by atoms with E-state index >= 15 is 0 Å². The van der Waals surface area contributed by atoms with Gasteiger partial charge in [-0.05, 0) is 31.9 Å². The van der Waals surface area contributed by atoms with Crippen molar-refractivity contribution in [1.29, 1.82) is 0 Å². The average Bonchev–Trinajstić information content (AvgIpc) is 2.41. The molecule has 0 saturated carbocycles. The molecule has 0 atom stereocenters. The van der Waals surface area contributed by atoms with Crippen molar-refractivity contribution >= 4 is 11.8 Å². The van der Waals surface area contributed by atoms with Crippen LogP contribution in [0.5, 0.6) is 0 Å². The molecule has 0 unspecified atom stereocenters. The number of hydrogen-bond acceptors (Lipinski definition) is 4. The fourth-order valence-corrected chi connectivity index (χ4v) is 2.28. The molecule has 0 aliphatic heterocycles. The third kappa shape index (κ3) is 3.18. The van der Waals surface area contributed by atoms with Crippen molar-refractivity contribution in [1.82, 2.24) is 10.2 Å². The van der Waals surface area contributed by atoms with Gasteiger partial charge in [0.25, 0.3) is 0 Å². The van der Waals surface area contributed by atoms with Crippen molar-refractivity contribution in [2.24, 2.45) is 0 Å². The van der Waals surface area contributed by atoms with Crippen LogP contribution in [0.1, 0.15) is 32.7 Å². The molecule has 21 heavy (non-hydrogen) atoms. The number of aromatic carboxylic acids is 1. The Kier molecular flexibility index (Phi) is 4.21. The number of rotatable bonds is 4. The number of anilines is 1. The molecule has 5 heteroatoms. The van der Waals surface area contributed by atoms with Gasteiger partial charge in [-0.3, -0.25) is 0 Å². The molecule has 0 amide bonds. The maximum absolute atomic E-state index is 11.5. The molecule has 1 N–H and O–H groups in total. The van der Waals surface area contributed by atoms with Gasteiger partial charge in [-0.15, -0.1) is 5.10 Å². The Morgan fingerprint density at radius 3 is 2.57 bits per heavy atom. The maximum Gasteiger partial charge on any atom is 0.339 e. The van der Waals surface area contributed by atoms with Crippen molar-refractivity contribution in [2.45, 2.75) is 27.3 Å². The van der Waals surface area contributed by atoms with E-state index < -0.39 is 5.97 Å². The first kappa shape index (κ1) is 15.0. The second-order valence-corrected chi connectivity index (χ2v) is 5.26. The molecule has 0 spiro atoms. The molecule has 1 aromatic heterocycles. The Morgan fingerprint density at radius 1 is 1.24 bits per heavy atom.